The monoisotopic (exact) mass is 354 g/mol. The van der Waals surface area contributed by atoms with Gasteiger partial charge in [0.15, 0.2) is 0 Å². The van der Waals surface area contributed by atoms with Gasteiger partial charge in [0.05, 0.1) is 0 Å². The minimum atomic E-state index is -0.448. The average Bonchev–Trinajstić information content (AvgIpc) is 2.49. The van der Waals surface area contributed by atoms with Crippen LogP contribution in [-0.4, -0.2) is 53.2 Å². The van der Waals surface area contributed by atoms with Crippen LogP contribution in [0.5, 0.6) is 0 Å². The molecule has 0 atom stereocenters. The molecule has 1 aromatic rings. The normalized spacial score (nSPS) is 16.2. The highest BCUT2D eigenvalue weighted by atomic mass is 35.5. The van der Waals surface area contributed by atoms with E-state index in [4.69, 9.17) is 16.3 Å². The molecule has 1 aliphatic heterocycles. The molecule has 1 aliphatic rings. The molecule has 7 heteroatoms. The minimum Gasteiger partial charge on any atom is -0.444 e. The van der Waals surface area contributed by atoms with Crippen LogP contribution in [0.25, 0.3) is 0 Å². The summed E-state index contributed by atoms with van der Waals surface area (Å²) in [5, 5.41) is 0.492. The van der Waals surface area contributed by atoms with E-state index in [1.54, 1.807) is 11.1 Å². The highest BCUT2D eigenvalue weighted by Gasteiger charge is 2.27. The van der Waals surface area contributed by atoms with Gasteiger partial charge >= 0.3 is 6.09 Å². The lowest BCUT2D eigenvalue weighted by Gasteiger charge is -2.34. The van der Waals surface area contributed by atoms with Crippen LogP contribution in [0.4, 0.5) is 10.7 Å². The van der Waals surface area contributed by atoms with Crippen molar-refractivity contribution in [3.05, 3.63) is 16.9 Å². The van der Waals surface area contributed by atoms with E-state index >= 15 is 0 Å². The molecule has 2 rings (SSSR count). The van der Waals surface area contributed by atoms with E-state index in [1.165, 1.54) is 0 Å². The van der Waals surface area contributed by atoms with Crippen molar-refractivity contribution in [3.63, 3.8) is 0 Å². The molecule has 0 bridgehead atoms. The van der Waals surface area contributed by atoms with E-state index in [-0.39, 0.29) is 6.09 Å². The molecule has 0 saturated carbocycles. The second-order valence-corrected chi connectivity index (χ2v) is 7.79. The summed E-state index contributed by atoms with van der Waals surface area (Å²) >= 11 is 6.07. The van der Waals surface area contributed by atoms with Crippen molar-refractivity contribution in [1.29, 1.82) is 0 Å². The number of rotatable bonds is 3. The predicted octanol–water partition coefficient (Wildman–Crippen LogP) is 3.52. The Hall–Kier alpha value is -1.56. The first-order valence-electron chi connectivity index (χ1n) is 8.34. The topological polar surface area (TPSA) is 58.6 Å². The molecule has 24 heavy (non-hydrogen) atoms. The standard InChI is InChI=1S/C17H27ClN4O2/c1-12-10-19-15(20-14(12)18)21(5)11-13-6-8-22(9-7-13)16(23)24-17(2,3)4/h10,13H,6-9,11H2,1-5H3. The van der Waals surface area contributed by atoms with Crippen LogP contribution in [0.15, 0.2) is 6.20 Å². The summed E-state index contributed by atoms with van der Waals surface area (Å²) in [4.78, 5) is 24.6. The second-order valence-electron chi connectivity index (χ2n) is 7.44. The molecule has 0 N–H and O–H groups in total. The highest BCUT2D eigenvalue weighted by Crippen LogP contribution is 2.22. The minimum absolute atomic E-state index is 0.219. The quantitative estimate of drug-likeness (QED) is 0.777. The van der Waals surface area contributed by atoms with E-state index in [2.05, 4.69) is 9.97 Å². The maximum absolute atomic E-state index is 12.1. The third-order valence-corrected chi connectivity index (χ3v) is 4.42. The van der Waals surface area contributed by atoms with E-state index in [0.717, 1.165) is 38.0 Å². The highest BCUT2D eigenvalue weighted by molar-refractivity contribution is 6.30. The Balaban J connectivity index is 1.84. The molecule has 0 spiro atoms. The number of aryl methyl sites for hydroxylation is 1. The number of hydrogen-bond acceptors (Lipinski definition) is 5. The molecule has 6 nitrogen and oxygen atoms in total. The predicted molar refractivity (Wildman–Crippen MR) is 95.6 cm³/mol. The van der Waals surface area contributed by atoms with Crippen LogP contribution in [-0.2, 0) is 4.74 Å². The van der Waals surface area contributed by atoms with Crippen molar-refractivity contribution >= 4 is 23.6 Å². The summed E-state index contributed by atoms with van der Waals surface area (Å²) in [6.45, 7) is 9.85. The number of likely N-dealkylation sites (tertiary alicyclic amines) is 1. The number of amides is 1. The summed E-state index contributed by atoms with van der Waals surface area (Å²) in [7, 11) is 1.97. The maximum atomic E-state index is 12.1. The van der Waals surface area contributed by atoms with Crippen LogP contribution in [0, 0.1) is 12.8 Å². The summed E-state index contributed by atoms with van der Waals surface area (Å²) < 4.78 is 5.43. The Morgan fingerprint density at radius 1 is 1.42 bits per heavy atom. The average molecular weight is 355 g/mol. The van der Waals surface area contributed by atoms with Crippen LogP contribution in [0.2, 0.25) is 5.15 Å². The van der Waals surface area contributed by atoms with Crippen molar-refractivity contribution < 1.29 is 9.53 Å². The Morgan fingerprint density at radius 3 is 2.58 bits per heavy atom. The second kappa shape index (κ2) is 7.55. The molecule has 1 saturated heterocycles. The number of ether oxygens (including phenoxy) is 1. The number of carbonyl (C=O) groups excluding carboxylic acids is 1. The smallest absolute Gasteiger partial charge is 0.410 e. The first kappa shape index (κ1) is 18.8. The molecule has 2 heterocycles. The zero-order valence-corrected chi connectivity index (χ0v) is 15.9. The van der Waals surface area contributed by atoms with Crippen molar-refractivity contribution in [3.8, 4) is 0 Å². The fraction of sp³-hybridized carbons (Fsp3) is 0.706. The summed E-state index contributed by atoms with van der Waals surface area (Å²) in [6, 6.07) is 0. The van der Waals surface area contributed by atoms with E-state index in [0.29, 0.717) is 17.0 Å². The molecule has 1 amide bonds. The van der Waals surface area contributed by atoms with E-state index < -0.39 is 5.60 Å². The van der Waals surface area contributed by atoms with Crippen molar-refractivity contribution in [1.82, 2.24) is 14.9 Å². The van der Waals surface area contributed by atoms with Gasteiger partial charge in [-0.2, -0.15) is 0 Å². The molecule has 0 aromatic carbocycles. The van der Waals surface area contributed by atoms with Gasteiger partial charge in [0, 0.05) is 38.4 Å². The molecule has 1 fully saturated rings. The van der Waals surface area contributed by atoms with Crippen molar-refractivity contribution in [2.24, 2.45) is 5.92 Å². The fourth-order valence-electron chi connectivity index (χ4n) is 2.69. The Morgan fingerprint density at radius 2 is 2.04 bits per heavy atom. The molecule has 0 aliphatic carbocycles. The SMILES string of the molecule is Cc1cnc(N(C)CC2CCN(C(=O)OC(C)(C)C)CC2)nc1Cl. The van der Waals surface area contributed by atoms with Gasteiger partial charge in [0.2, 0.25) is 5.95 Å². The Bertz CT molecular complexity index is 580. The third kappa shape index (κ3) is 5.23. The van der Waals surface area contributed by atoms with Gasteiger partial charge in [-0.05, 0) is 46.5 Å². The number of aromatic nitrogens is 2. The number of carbonyl (C=O) groups is 1. The summed E-state index contributed by atoms with van der Waals surface area (Å²) in [6.07, 6.45) is 3.42. The zero-order valence-electron chi connectivity index (χ0n) is 15.2. The van der Waals surface area contributed by atoms with Gasteiger partial charge in [-0.25, -0.2) is 14.8 Å². The lowest BCUT2D eigenvalue weighted by atomic mass is 9.96. The molecule has 0 unspecified atom stereocenters. The molecule has 134 valence electrons. The summed E-state index contributed by atoms with van der Waals surface area (Å²) in [5.41, 5.74) is 0.426. The Labute approximate surface area is 149 Å². The van der Waals surface area contributed by atoms with E-state index in [1.807, 2.05) is 39.6 Å². The molecule has 1 aromatic heterocycles. The number of hydrogen-bond donors (Lipinski definition) is 0. The largest absolute Gasteiger partial charge is 0.444 e. The van der Waals surface area contributed by atoms with Gasteiger partial charge in [-0.1, -0.05) is 11.6 Å². The number of halogens is 1. The van der Waals surface area contributed by atoms with Crippen molar-refractivity contribution in [2.75, 3.05) is 31.6 Å². The van der Waals surface area contributed by atoms with E-state index in [9.17, 15) is 4.79 Å². The van der Waals surface area contributed by atoms with Crippen molar-refractivity contribution in [2.45, 2.75) is 46.1 Å². The van der Waals surface area contributed by atoms with Gasteiger partial charge in [0.25, 0.3) is 0 Å². The molecule has 0 radical (unpaired) electrons. The first-order chi connectivity index (χ1) is 11.2. The lowest BCUT2D eigenvalue weighted by molar-refractivity contribution is 0.0186. The van der Waals surface area contributed by atoms with Gasteiger partial charge in [-0.15, -0.1) is 0 Å². The number of nitrogens with zero attached hydrogens (tertiary/aromatic N) is 4. The van der Waals surface area contributed by atoms with Gasteiger partial charge < -0.3 is 14.5 Å². The van der Waals surface area contributed by atoms with Crippen LogP contribution < -0.4 is 4.90 Å². The number of piperidine rings is 1. The van der Waals surface area contributed by atoms with Crippen LogP contribution >= 0.6 is 11.6 Å². The van der Waals surface area contributed by atoms with Gasteiger partial charge in [0.1, 0.15) is 10.8 Å². The fourth-order valence-corrected chi connectivity index (χ4v) is 2.81. The zero-order chi connectivity index (χ0) is 17.9. The molecular weight excluding hydrogens is 328 g/mol. The Kier molecular flexibility index (Phi) is 5.91. The third-order valence-electron chi connectivity index (χ3n) is 4.04. The van der Waals surface area contributed by atoms with Crippen LogP contribution in [0.3, 0.4) is 0 Å². The summed E-state index contributed by atoms with van der Waals surface area (Å²) in [5.74, 6) is 1.14. The lowest BCUT2D eigenvalue weighted by Crippen LogP contribution is -2.43. The molecular formula is C17H27ClN4O2. The first-order valence-corrected chi connectivity index (χ1v) is 8.71. The van der Waals surface area contributed by atoms with Crippen LogP contribution in [0.1, 0.15) is 39.2 Å². The number of anilines is 1. The maximum Gasteiger partial charge on any atom is 0.410 e. The van der Waals surface area contributed by atoms with Gasteiger partial charge in [-0.3, -0.25) is 0 Å².